The van der Waals surface area contributed by atoms with E-state index in [0.717, 1.165) is 25.7 Å². The van der Waals surface area contributed by atoms with Crippen LogP contribution in [0.15, 0.2) is 0 Å². The summed E-state index contributed by atoms with van der Waals surface area (Å²) in [7, 11) is 0. The third-order valence-corrected chi connectivity index (χ3v) is 6.90. The van der Waals surface area contributed by atoms with Crippen molar-refractivity contribution in [2.45, 2.75) is 100 Å². The maximum Gasteiger partial charge on any atom is 0.364 e. The number of ether oxygens (including phenoxy) is 1. The van der Waals surface area contributed by atoms with Gasteiger partial charge in [-0.2, -0.15) is 8.78 Å². The zero-order chi connectivity index (χ0) is 18.9. The van der Waals surface area contributed by atoms with Gasteiger partial charge in [-0.3, -0.25) is 0 Å². The van der Waals surface area contributed by atoms with Gasteiger partial charge in [0.15, 0.2) is 0 Å². The molecule has 3 aliphatic rings. The first kappa shape index (κ1) is 20.6. The van der Waals surface area contributed by atoms with Gasteiger partial charge in [0.1, 0.15) is 24.4 Å². The molecule has 0 bridgehead atoms. The molecule has 0 saturated heterocycles. The van der Waals surface area contributed by atoms with Gasteiger partial charge < -0.3 is 4.74 Å². The number of hydrogen-bond acceptors (Lipinski definition) is 1. The van der Waals surface area contributed by atoms with Crippen LogP contribution in [0.5, 0.6) is 0 Å². The van der Waals surface area contributed by atoms with Crippen LogP contribution in [0.4, 0.5) is 22.0 Å². The minimum Gasteiger partial charge on any atom is -0.317 e. The van der Waals surface area contributed by atoms with Gasteiger partial charge in [0.2, 0.25) is 0 Å². The van der Waals surface area contributed by atoms with Crippen LogP contribution in [0.2, 0.25) is 0 Å². The molecule has 0 heterocycles. The summed E-state index contributed by atoms with van der Waals surface area (Å²) >= 11 is 5.72. The van der Waals surface area contributed by atoms with Gasteiger partial charge in [-0.25, -0.2) is 13.2 Å². The second-order valence-electron chi connectivity index (χ2n) is 8.35. The molecule has 0 amide bonds. The molecule has 3 rings (SSSR count). The van der Waals surface area contributed by atoms with Crippen LogP contribution < -0.4 is 0 Å². The van der Waals surface area contributed by atoms with Crippen molar-refractivity contribution in [2.24, 2.45) is 17.8 Å². The summed E-state index contributed by atoms with van der Waals surface area (Å²) < 4.78 is 75.1. The topological polar surface area (TPSA) is 9.23 Å². The molecule has 0 radical (unpaired) electrons. The summed E-state index contributed by atoms with van der Waals surface area (Å²) in [5.41, 5.74) is 0. The van der Waals surface area contributed by atoms with E-state index in [1.807, 2.05) is 0 Å². The Hall–Kier alpha value is -0.100. The number of hydrogen-bond donors (Lipinski definition) is 0. The summed E-state index contributed by atoms with van der Waals surface area (Å²) in [5, 5.41) is -0.748. The molecule has 26 heavy (non-hydrogen) atoms. The fourth-order valence-corrected chi connectivity index (χ4v) is 5.39. The zero-order valence-electron chi connectivity index (χ0n) is 14.9. The Morgan fingerprint density at radius 3 is 1.69 bits per heavy atom. The summed E-state index contributed by atoms with van der Waals surface area (Å²) in [6, 6.07) is 0. The minimum atomic E-state index is -3.82. The minimum absolute atomic E-state index is 0.268. The first-order chi connectivity index (χ1) is 12.3. The lowest BCUT2D eigenvalue weighted by Crippen LogP contribution is -2.50. The second kappa shape index (κ2) is 8.50. The average Bonchev–Trinajstić information content (AvgIpc) is 2.54. The van der Waals surface area contributed by atoms with Crippen LogP contribution in [0.25, 0.3) is 0 Å². The van der Waals surface area contributed by atoms with Crippen LogP contribution in [0.3, 0.4) is 0 Å². The summed E-state index contributed by atoms with van der Waals surface area (Å²) in [4.78, 5) is 0. The van der Waals surface area contributed by atoms with Crippen LogP contribution in [0.1, 0.15) is 64.2 Å². The molecule has 0 aliphatic heterocycles. The van der Waals surface area contributed by atoms with E-state index in [9.17, 15) is 22.0 Å². The van der Waals surface area contributed by atoms with Crippen molar-refractivity contribution in [1.29, 1.82) is 0 Å². The Morgan fingerprint density at radius 1 is 0.731 bits per heavy atom. The number of rotatable bonds is 4. The van der Waals surface area contributed by atoms with Crippen molar-refractivity contribution in [2.75, 3.05) is 0 Å². The Morgan fingerprint density at radius 2 is 1.19 bits per heavy atom. The largest absolute Gasteiger partial charge is 0.364 e. The second-order valence-corrected chi connectivity index (χ2v) is 8.97. The fourth-order valence-electron chi connectivity index (χ4n) is 5.05. The Labute approximate surface area is 157 Å². The molecule has 2 unspecified atom stereocenters. The third kappa shape index (κ3) is 4.84. The maximum absolute atomic E-state index is 14.4. The molecule has 152 valence electrons. The van der Waals surface area contributed by atoms with Crippen molar-refractivity contribution in [1.82, 2.24) is 0 Å². The molecular weight excluding hydrogens is 375 g/mol. The molecule has 0 aromatic carbocycles. The fraction of sp³-hybridized carbons (Fsp3) is 1.00. The lowest BCUT2D eigenvalue weighted by Gasteiger charge is -2.40. The Kier molecular flexibility index (Phi) is 6.75. The molecule has 0 aromatic heterocycles. The maximum atomic E-state index is 14.4. The van der Waals surface area contributed by atoms with Gasteiger partial charge >= 0.3 is 6.11 Å². The van der Waals surface area contributed by atoms with Crippen LogP contribution >= 0.6 is 11.6 Å². The first-order valence-corrected chi connectivity index (χ1v) is 10.3. The summed E-state index contributed by atoms with van der Waals surface area (Å²) in [6.45, 7) is 0. The van der Waals surface area contributed by atoms with E-state index >= 15 is 0 Å². The highest BCUT2D eigenvalue weighted by atomic mass is 35.5. The van der Waals surface area contributed by atoms with Crippen molar-refractivity contribution >= 4 is 11.6 Å². The molecule has 3 fully saturated rings. The molecule has 3 saturated carbocycles. The molecule has 2 atom stereocenters. The van der Waals surface area contributed by atoms with Crippen LogP contribution in [0, 0.1) is 17.8 Å². The Balaban J connectivity index is 1.50. The van der Waals surface area contributed by atoms with E-state index in [-0.39, 0.29) is 12.8 Å². The Bertz CT molecular complexity index is 437. The standard InChI is InChI=1S/C19H28ClF5O/c20-13-9-16(22)18(17(23)10-13)19(24,25)26-15-7-3-12(4-8-15)11-1-5-14(21)6-2-11/h11-18H,1-10H2. The van der Waals surface area contributed by atoms with Crippen LogP contribution in [-0.2, 0) is 4.74 Å². The third-order valence-electron chi connectivity index (χ3n) is 6.54. The van der Waals surface area contributed by atoms with Crippen molar-refractivity contribution < 1.29 is 26.7 Å². The van der Waals surface area contributed by atoms with Gasteiger partial charge in [0.05, 0.1) is 6.10 Å². The van der Waals surface area contributed by atoms with Gasteiger partial charge in [-0.1, -0.05) is 0 Å². The zero-order valence-corrected chi connectivity index (χ0v) is 15.6. The lowest BCUT2D eigenvalue weighted by molar-refractivity contribution is -0.317. The van der Waals surface area contributed by atoms with Crippen molar-refractivity contribution in [3.05, 3.63) is 0 Å². The SMILES string of the molecule is FC1CCC(C2CCC(OC(F)(F)C3C(F)CC(Cl)CC3F)CC2)CC1. The number of alkyl halides is 6. The smallest absolute Gasteiger partial charge is 0.317 e. The van der Waals surface area contributed by atoms with Gasteiger partial charge in [-0.05, 0) is 76.0 Å². The van der Waals surface area contributed by atoms with Crippen molar-refractivity contribution in [3.8, 4) is 0 Å². The highest BCUT2D eigenvalue weighted by Crippen LogP contribution is 2.45. The van der Waals surface area contributed by atoms with E-state index in [4.69, 9.17) is 16.3 Å². The molecule has 3 aliphatic carbocycles. The normalized spacial score (nSPS) is 45.5. The van der Waals surface area contributed by atoms with E-state index in [1.165, 1.54) is 0 Å². The first-order valence-electron chi connectivity index (χ1n) is 9.88. The van der Waals surface area contributed by atoms with E-state index in [1.54, 1.807) is 0 Å². The van der Waals surface area contributed by atoms with Crippen molar-refractivity contribution in [3.63, 3.8) is 0 Å². The number of halogens is 6. The average molecular weight is 403 g/mol. The monoisotopic (exact) mass is 402 g/mol. The van der Waals surface area contributed by atoms with Gasteiger partial charge in [0.25, 0.3) is 0 Å². The van der Waals surface area contributed by atoms with E-state index in [0.29, 0.717) is 37.5 Å². The molecule has 0 aromatic rings. The summed E-state index contributed by atoms with van der Waals surface area (Å²) in [6.07, 6.45) is -4.35. The predicted octanol–water partition coefficient (Wildman–Crippen LogP) is 6.38. The van der Waals surface area contributed by atoms with Gasteiger partial charge in [-0.15, -0.1) is 11.6 Å². The van der Waals surface area contributed by atoms with Crippen LogP contribution in [-0.4, -0.2) is 36.1 Å². The molecule has 0 N–H and O–H groups in total. The molecular formula is C19H28ClF5O. The highest BCUT2D eigenvalue weighted by Gasteiger charge is 2.55. The quantitative estimate of drug-likeness (QED) is 0.392. The predicted molar refractivity (Wildman–Crippen MR) is 90.8 cm³/mol. The molecule has 7 heteroatoms. The van der Waals surface area contributed by atoms with Gasteiger partial charge in [0, 0.05) is 5.38 Å². The summed E-state index contributed by atoms with van der Waals surface area (Å²) in [5.74, 6) is -1.19. The molecule has 0 spiro atoms. The van der Waals surface area contributed by atoms with E-state index < -0.39 is 42.0 Å². The highest BCUT2D eigenvalue weighted by molar-refractivity contribution is 6.20. The molecule has 1 nitrogen and oxygen atoms in total. The van der Waals surface area contributed by atoms with E-state index in [2.05, 4.69) is 0 Å². The lowest BCUT2D eigenvalue weighted by atomic mass is 9.72.